The Morgan fingerprint density at radius 1 is 1.03 bits per heavy atom. The summed E-state index contributed by atoms with van der Waals surface area (Å²) in [6.45, 7) is 6.07. The van der Waals surface area contributed by atoms with Gasteiger partial charge in [-0.1, -0.05) is 25.8 Å². The lowest BCUT2D eigenvalue weighted by atomic mass is 9.99. The molecular weight excluding hydrogens is 404 g/mol. The summed E-state index contributed by atoms with van der Waals surface area (Å²) in [5, 5.41) is 0. The van der Waals surface area contributed by atoms with E-state index in [0.29, 0.717) is 32.1 Å². The number of esters is 1. The Bertz CT molecular complexity index is 854. The van der Waals surface area contributed by atoms with Crippen LogP contribution in [0.5, 0.6) is 0 Å². The summed E-state index contributed by atoms with van der Waals surface area (Å²) in [7, 11) is -3.66. The highest BCUT2D eigenvalue weighted by molar-refractivity contribution is 7.89. The molecule has 2 saturated heterocycles. The van der Waals surface area contributed by atoms with E-state index in [1.807, 2.05) is 0 Å². The quantitative estimate of drug-likeness (QED) is 0.663. The summed E-state index contributed by atoms with van der Waals surface area (Å²) in [4.78, 5) is 27.0. The van der Waals surface area contributed by atoms with Crippen molar-refractivity contribution in [2.75, 3.05) is 26.2 Å². The lowest BCUT2D eigenvalue weighted by Gasteiger charge is -2.31. The third-order valence-electron chi connectivity index (χ3n) is 6.00. The summed E-state index contributed by atoms with van der Waals surface area (Å²) in [6.07, 6.45) is 4.73. The number of ether oxygens (including phenoxy) is 1. The number of likely N-dealkylation sites (tertiary alicyclic amines) is 1. The fraction of sp³-hybridized carbons (Fsp3) is 0.636. The minimum absolute atomic E-state index is 0.0860. The molecule has 0 bridgehead atoms. The second-order valence-corrected chi connectivity index (χ2v) is 10.3. The second kappa shape index (κ2) is 9.92. The maximum Gasteiger partial charge on any atom is 0.338 e. The molecule has 166 valence electrons. The van der Waals surface area contributed by atoms with Gasteiger partial charge in [0.2, 0.25) is 10.0 Å². The van der Waals surface area contributed by atoms with E-state index in [0.717, 1.165) is 38.5 Å². The zero-order chi connectivity index (χ0) is 21.7. The Labute approximate surface area is 179 Å². The number of sulfonamides is 1. The van der Waals surface area contributed by atoms with Crippen LogP contribution in [0, 0.1) is 5.92 Å². The first-order chi connectivity index (χ1) is 14.3. The van der Waals surface area contributed by atoms with Crippen LogP contribution in [-0.4, -0.2) is 61.8 Å². The van der Waals surface area contributed by atoms with Crippen molar-refractivity contribution >= 4 is 21.9 Å². The zero-order valence-corrected chi connectivity index (χ0v) is 18.7. The molecule has 1 aromatic rings. The van der Waals surface area contributed by atoms with Gasteiger partial charge in [0, 0.05) is 26.2 Å². The Hall–Kier alpha value is -1.93. The molecule has 1 unspecified atom stereocenters. The molecule has 2 aliphatic heterocycles. The Kier molecular flexibility index (Phi) is 7.52. The van der Waals surface area contributed by atoms with Crippen molar-refractivity contribution in [2.45, 2.75) is 63.4 Å². The van der Waals surface area contributed by atoms with Crippen molar-refractivity contribution in [3.63, 3.8) is 0 Å². The Morgan fingerprint density at radius 3 is 2.30 bits per heavy atom. The smallest absolute Gasteiger partial charge is 0.338 e. The third-order valence-corrected chi connectivity index (χ3v) is 7.89. The van der Waals surface area contributed by atoms with Crippen LogP contribution in [0.3, 0.4) is 0 Å². The van der Waals surface area contributed by atoms with Crippen LogP contribution in [0.2, 0.25) is 0 Å². The number of rotatable bonds is 5. The predicted octanol–water partition coefficient (Wildman–Crippen LogP) is 3.06. The molecule has 2 heterocycles. The monoisotopic (exact) mass is 436 g/mol. The first kappa shape index (κ1) is 22.7. The largest absolute Gasteiger partial charge is 0.449 e. The molecule has 3 rings (SSSR count). The predicted molar refractivity (Wildman–Crippen MR) is 114 cm³/mol. The number of hydrogen-bond donors (Lipinski definition) is 0. The van der Waals surface area contributed by atoms with Crippen molar-refractivity contribution < 1.29 is 22.7 Å². The number of carbonyl (C=O) groups is 2. The van der Waals surface area contributed by atoms with E-state index < -0.39 is 22.1 Å². The summed E-state index contributed by atoms with van der Waals surface area (Å²) in [5.74, 6) is -0.293. The van der Waals surface area contributed by atoms with Crippen molar-refractivity contribution in [3.8, 4) is 0 Å². The van der Waals surface area contributed by atoms with E-state index >= 15 is 0 Å². The van der Waals surface area contributed by atoms with E-state index in [4.69, 9.17) is 4.74 Å². The first-order valence-electron chi connectivity index (χ1n) is 10.9. The number of nitrogens with zero attached hydrogens (tertiary/aromatic N) is 2. The summed E-state index contributed by atoms with van der Waals surface area (Å²) in [6, 6.07) is 5.91. The highest BCUT2D eigenvalue weighted by Crippen LogP contribution is 2.22. The van der Waals surface area contributed by atoms with Crippen molar-refractivity contribution in [3.05, 3.63) is 29.8 Å². The number of benzene rings is 1. The van der Waals surface area contributed by atoms with Gasteiger partial charge >= 0.3 is 5.97 Å². The van der Waals surface area contributed by atoms with Gasteiger partial charge in [-0.25, -0.2) is 13.2 Å². The van der Waals surface area contributed by atoms with Gasteiger partial charge in [-0.2, -0.15) is 4.31 Å². The van der Waals surface area contributed by atoms with E-state index in [1.165, 1.54) is 22.5 Å². The van der Waals surface area contributed by atoms with Crippen molar-refractivity contribution in [1.29, 1.82) is 0 Å². The molecular formula is C22H32N2O5S. The second-order valence-electron chi connectivity index (χ2n) is 8.40. The molecule has 0 spiro atoms. The van der Waals surface area contributed by atoms with Crippen molar-refractivity contribution in [2.24, 2.45) is 5.92 Å². The molecule has 0 saturated carbocycles. The Balaban J connectivity index is 1.67. The summed E-state index contributed by atoms with van der Waals surface area (Å²) >= 11 is 0. The topological polar surface area (TPSA) is 84.0 Å². The molecule has 0 N–H and O–H groups in total. The van der Waals surface area contributed by atoms with E-state index in [2.05, 4.69) is 6.92 Å². The normalized spacial score (nSPS) is 20.4. The van der Waals surface area contributed by atoms with Gasteiger partial charge in [0.1, 0.15) is 0 Å². The van der Waals surface area contributed by atoms with Gasteiger partial charge in [0.15, 0.2) is 6.10 Å². The van der Waals surface area contributed by atoms with Crippen LogP contribution in [-0.2, 0) is 19.6 Å². The lowest BCUT2D eigenvalue weighted by molar-refractivity contribution is -0.141. The molecule has 8 heteroatoms. The molecule has 0 radical (unpaired) electrons. The van der Waals surface area contributed by atoms with Crippen LogP contribution in [0.4, 0.5) is 0 Å². The van der Waals surface area contributed by atoms with Crippen LogP contribution in [0.1, 0.15) is 62.7 Å². The van der Waals surface area contributed by atoms with Gasteiger partial charge in [-0.3, -0.25) is 4.79 Å². The van der Waals surface area contributed by atoms with Crippen molar-refractivity contribution in [1.82, 2.24) is 9.21 Å². The van der Waals surface area contributed by atoms with Gasteiger partial charge in [0.05, 0.1) is 10.5 Å². The molecule has 30 heavy (non-hydrogen) atoms. The third kappa shape index (κ3) is 5.40. The number of amides is 1. The Morgan fingerprint density at radius 2 is 1.67 bits per heavy atom. The average Bonchev–Trinajstić information content (AvgIpc) is 3.04. The molecule has 2 aliphatic rings. The van der Waals surface area contributed by atoms with Crippen LogP contribution in [0.25, 0.3) is 0 Å². The number of carbonyl (C=O) groups excluding carboxylic acids is 2. The fourth-order valence-corrected chi connectivity index (χ4v) is 5.54. The first-order valence-corrected chi connectivity index (χ1v) is 12.3. The minimum atomic E-state index is -3.66. The lowest BCUT2D eigenvalue weighted by Crippen LogP contribution is -2.44. The molecule has 1 amide bonds. The maximum atomic E-state index is 13.0. The average molecular weight is 437 g/mol. The molecule has 2 fully saturated rings. The summed E-state index contributed by atoms with van der Waals surface area (Å²) < 4.78 is 32.8. The summed E-state index contributed by atoms with van der Waals surface area (Å²) in [5.41, 5.74) is 0.137. The number of hydrogen-bond acceptors (Lipinski definition) is 5. The zero-order valence-electron chi connectivity index (χ0n) is 17.9. The molecule has 1 aromatic carbocycles. The molecule has 7 nitrogen and oxygen atoms in total. The minimum Gasteiger partial charge on any atom is -0.449 e. The van der Waals surface area contributed by atoms with Gasteiger partial charge in [-0.15, -0.1) is 0 Å². The molecule has 0 aliphatic carbocycles. The van der Waals surface area contributed by atoms with E-state index in [1.54, 1.807) is 17.9 Å². The van der Waals surface area contributed by atoms with Crippen LogP contribution < -0.4 is 0 Å². The van der Waals surface area contributed by atoms with Crippen LogP contribution >= 0.6 is 0 Å². The SMILES string of the molecule is CC1CCN(C(=O)C(C)OC(=O)c2cccc(S(=O)(=O)N3CCCCCC3)c2)CC1. The maximum absolute atomic E-state index is 13.0. The van der Waals surface area contributed by atoms with Gasteiger partial charge < -0.3 is 9.64 Å². The van der Waals surface area contributed by atoms with E-state index in [9.17, 15) is 18.0 Å². The molecule has 1 atom stereocenters. The highest BCUT2D eigenvalue weighted by atomic mass is 32.2. The van der Waals surface area contributed by atoms with E-state index in [-0.39, 0.29) is 16.4 Å². The standard InChI is InChI=1S/C22H32N2O5S/c1-17-10-14-23(15-11-17)21(25)18(2)29-22(26)19-8-7-9-20(16-19)30(27,28)24-12-5-3-4-6-13-24/h7-9,16-18H,3-6,10-15H2,1-2H3. The van der Waals surface area contributed by atoms with Gasteiger partial charge in [0.25, 0.3) is 5.91 Å². The number of piperidine rings is 1. The van der Waals surface area contributed by atoms with Gasteiger partial charge in [-0.05, 0) is 56.7 Å². The molecule has 0 aromatic heterocycles. The highest BCUT2D eigenvalue weighted by Gasteiger charge is 2.29. The van der Waals surface area contributed by atoms with Crippen LogP contribution in [0.15, 0.2) is 29.2 Å². The fourth-order valence-electron chi connectivity index (χ4n) is 3.98.